The van der Waals surface area contributed by atoms with E-state index in [-0.39, 0.29) is 24.7 Å². The standard InChI is InChI=1S/C20H25F2N3O/c1-3-19(26)25-13-16-5-4-15(12-17(16)18(23)8-11-24-2)14-6-9-20(21,22)10-7-14/h3-5,8,11-12,14H,1,6-7,9-10,13,23H2,2H3,(H,25,26). The lowest BCUT2D eigenvalue weighted by atomic mass is 9.81. The van der Waals surface area contributed by atoms with Crippen LogP contribution in [0.25, 0.3) is 5.70 Å². The van der Waals surface area contributed by atoms with Crippen LogP contribution in [0.15, 0.2) is 41.9 Å². The van der Waals surface area contributed by atoms with Gasteiger partial charge in [-0.25, -0.2) is 8.78 Å². The number of benzene rings is 1. The third-order valence-corrected chi connectivity index (χ3v) is 4.68. The van der Waals surface area contributed by atoms with Crippen molar-refractivity contribution in [3.05, 3.63) is 53.6 Å². The van der Waals surface area contributed by atoms with Gasteiger partial charge in [0.15, 0.2) is 0 Å². The quantitative estimate of drug-likeness (QED) is 0.598. The van der Waals surface area contributed by atoms with E-state index < -0.39 is 5.92 Å². The van der Waals surface area contributed by atoms with Crippen molar-refractivity contribution in [1.29, 1.82) is 0 Å². The number of allylic oxidation sites excluding steroid dienone is 1. The molecule has 0 atom stereocenters. The van der Waals surface area contributed by atoms with Crippen LogP contribution < -0.4 is 11.1 Å². The zero-order chi connectivity index (χ0) is 19.2. The Balaban J connectivity index is 2.29. The van der Waals surface area contributed by atoms with Crippen molar-refractivity contribution in [2.75, 3.05) is 7.05 Å². The molecule has 0 saturated heterocycles. The molecule has 1 aromatic carbocycles. The number of amides is 1. The number of hydrogen-bond donors (Lipinski definition) is 2. The van der Waals surface area contributed by atoms with E-state index in [4.69, 9.17) is 5.73 Å². The van der Waals surface area contributed by atoms with Gasteiger partial charge in [0, 0.05) is 43.9 Å². The number of rotatable bonds is 6. The highest BCUT2D eigenvalue weighted by Crippen LogP contribution is 2.41. The molecule has 0 aliphatic heterocycles. The fourth-order valence-corrected chi connectivity index (χ4v) is 3.14. The Hall–Kier alpha value is -2.50. The lowest BCUT2D eigenvalue weighted by Gasteiger charge is -2.29. The van der Waals surface area contributed by atoms with Crippen LogP contribution in [0.4, 0.5) is 8.78 Å². The first-order valence-corrected chi connectivity index (χ1v) is 8.65. The SMILES string of the molecule is C=CC(=O)NCc1ccc(C2CCC(F)(F)CC2)cc1C(N)=CC=NC. The highest BCUT2D eigenvalue weighted by Gasteiger charge is 2.35. The van der Waals surface area contributed by atoms with Gasteiger partial charge in [-0.05, 0) is 48.1 Å². The van der Waals surface area contributed by atoms with Crippen LogP contribution in [-0.4, -0.2) is 25.1 Å². The summed E-state index contributed by atoms with van der Waals surface area (Å²) < 4.78 is 26.8. The van der Waals surface area contributed by atoms with Gasteiger partial charge in [0.05, 0.1) is 0 Å². The molecule has 1 aromatic rings. The second-order valence-electron chi connectivity index (χ2n) is 6.50. The number of carbonyl (C=O) groups is 1. The van der Waals surface area contributed by atoms with E-state index in [0.717, 1.165) is 16.7 Å². The zero-order valence-electron chi connectivity index (χ0n) is 15.0. The molecule has 0 radical (unpaired) electrons. The molecule has 1 aliphatic carbocycles. The number of halogens is 2. The Morgan fingerprint density at radius 3 is 2.73 bits per heavy atom. The molecular weight excluding hydrogens is 336 g/mol. The molecule has 0 unspecified atom stereocenters. The molecule has 0 spiro atoms. The topological polar surface area (TPSA) is 67.5 Å². The van der Waals surface area contributed by atoms with Crippen LogP contribution in [0.5, 0.6) is 0 Å². The number of nitrogens with one attached hydrogen (secondary N) is 1. The number of hydrogen-bond acceptors (Lipinski definition) is 3. The van der Waals surface area contributed by atoms with Gasteiger partial charge in [-0.1, -0.05) is 18.7 Å². The van der Waals surface area contributed by atoms with Gasteiger partial charge in [-0.15, -0.1) is 0 Å². The summed E-state index contributed by atoms with van der Waals surface area (Å²) in [6.45, 7) is 3.74. The van der Waals surface area contributed by atoms with E-state index in [9.17, 15) is 13.6 Å². The van der Waals surface area contributed by atoms with Crippen molar-refractivity contribution in [3.8, 4) is 0 Å². The predicted molar refractivity (Wildman–Crippen MR) is 101 cm³/mol. The van der Waals surface area contributed by atoms with Crippen molar-refractivity contribution in [2.45, 2.75) is 44.1 Å². The highest BCUT2D eigenvalue weighted by atomic mass is 19.3. The maximum absolute atomic E-state index is 13.4. The molecule has 0 heterocycles. The van der Waals surface area contributed by atoms with Crippen molar-refractivity contribution in [1.82, 2.24) is 5.32 Å². The Bertz CT molecular complexity index is 716. The van der Waals surface area contributed by atoms with E-state index in [2.05, 4.69) is 16.9 Å². The van der Waals surface area contributed by atoms with E-state index in [1.54, 1.807) is 19.3 Å². The second-order valence-corrected chi connectivity index (χ2v) is 6.50. The molecule has 3 N–H and O–H groups in total. The van der Waals surface area contributed by atoms with Gasteiger partial charge in [0.25, 0.3) is 0 Å². The van der Waals surface area contributed by atoms with Crippen molar-refractivity contribution in [2.24, 2.45) is 10.7 Å². The summed E-state index contributed by atoms with van der Waals surface area (Å²) in [6.07, 6.45) is 5.23. The Labute approximate surface area is 152 Å². The molecule has 4 nitrogen and oxygen atoms in total. The number of nitrogens with two attached hydrogens (primary N) is 1. The molecule has 0 aromatic heterocycles. The second kappa shape index (κ2) is 8.74. The lowest BCUT2D eigenvalue weighted by Crippen LogP contribution is -2.24. The number of carbonyl (C=O) groups excluding carboxylic acids is 1. The fourth-order valence-electron chi connectivity index (χ4n) is 3.14. The van der Waals surface area contributed by atoms with Crippen LogP contribution in [0.3, 0.4) is 0 Å². The number of nitrogens with zero attached hydrogens (tertiary/aromatic N) is 1. The number of aliphatic imine (C=N–C) groups is 1. The van der Waals surface area contributed by atoms with Crippen LogP contribution in [0, 0.1) is 0 Å². The molecule has 1 fully saturated rings. The summed E-state index contributed by atoms with van der Waals surface area (Å²) in [5.41, 5.74) is 9.33. The summed E-state index contributed by atoms with van der Waals surface area (Å²) in [6, 6.07) is 5.78. The van der Waals surface area contributed by atoms with E-state index in [0.29, 0.717) is 25.1 Å². The minimum Gasteiger partial charge on any atom is -0.398 e. The Morgan fingerprint density at radius 2 is 2.12 bits per heavy atom. The summed E-state index contributed by atoms with van der Waals surface area (Å²) in [4.78, 5) is 15.3. The van der Waals surface area contributed by atoms with Gasteiger partial charge in [0.1, 0.15) is 0 Å². The maximum Gasteiger partial charge on any atom is 0.248 e. The summed E-state index contributed by atoms with van der Waals surface area (Å²) in [5, 5.41) is 2.74. The van der Waals surface area contributed by atoms with E-state index in [1.165, 1.54) is 6.08 Å². The van der Waals surface area contributed by atoms with Crippen molar-refractivity contribution >= 4 is 17.8 Å². The largest absolute Gasteiger partial charge is 0.398 e. The fraction of sp³-hybridized carbons (Fsp3) is 0.400. The van der Waals surface area contributed by atoms with Crippen LogP contribution in [-0.2, 0) is 11.3 Å². The molecule has 140 valence electrons. The summed E-state index contributed by atoms with van der Waals surface area (Å²) in [7, 11) is 1.65. The van der Waals surface area contributed by atoms with Crippen LogP contribution in [0.2, 0.25) is 0 Å². The molecule has 26 heavy (non-hydrogen) atoms. The summed E-state index contributed by atoms with van der Waals surface area (Å²) >= 11 is 0. The van der Waals surface area contributed by atoms with Crippen molar-refractivity contribution < 1.29 is 13.6 Å². The van der Waals surface area contributed by atoms with Crippen LogP contribution >= 0.6 is 0 Å². The average Bonchev–Trinajstić information content (AvgIpc) is 2.64. The van der Waals surface area contributed by atoms with E-state index in [1.807, 2.05) is 18.2 Å². The normalized spacial score (nSPS) is 18.0. The number of alkyl halides is 2. The molecule has 0 bridgehead atoms. The Kier molecular flexibility index (Phi) is 6.66. The van der Waals surface area contributed by atoms with Crippen LogP contribution in [0.1, 0.15) is 48.3 Å². The third-order valence-electron chi connectivity index (χ3n) is 4.68. The van der Waals surface area contributed by atoms with Gasteiger partial charge in [-0.3, -0.25) is 9.79 Å². The van der Waals surface area contributed by atoms with Gasteiger partial charge in [-0.2, -0.15) is 0 Å². The molecule has 1 saturated carbocycles. The maximum atomic E-state index is 13.4. The van der Waals surface area contributed by atoms with E-state index >= 15 is 0 Å². The first-order chi connectivity index (χ1) is 12.4. The molecular formula is C20H25F2N3O. The minimum absolute atomic E-state index is 0.0854. The highest BCUT2D eigenvalue weighted by molar-refractivity contribution is 5.87. The van der Waals surface area contributed by atoms with Gasteiger partial charge < -0.3 is 11.1 Å². The lowest BCUT2D eigenvalue weighted by molar-refractivity contribution is -0.116. The third kappa shape index (κ3) is 5.25. The monoisotopic (exact) mass is 361 g/mol. The summed E-state index contributed by atoms with van der Waals surface area (Å²) in [5.74, 6) is -2.73. The molecule has 6 heteroatoms. The molecule has 1 aliphatic rings. The smallest absolute Gasteiger partial charge is 0.248 e. The van der Waals surface area contributed by atoms with Crippen molar-refractivity contribution in [3.63, 3.8) is 0 Å². The van der Waals surface area contributed by atoms with Gasteiger partial charge >= 0.3 is 0 Å². The minimum atomic E-state index is -2.55. The first-order valence-electron chi connectivity index (χ1n) is 8.65. The Morgan fingerprint density at radius 1 is 1.42 bits per heavy atom. The average molecular weight is 361 g/mol. The van der Waals surface area contributed by atoms with Gasteiger partial charge in [0.2, 0.25) is 11.8 Å². The zero-order valence-corrected chi connectivity index (χ0v) is 15.0. The predicted octanol–water partition coefficient (Wildman–Crippen LogP) is 3.78. The first kappa shape index (κ1) is 19.8. The molecule has 2 rings (SSSR count). The molecule has 1 amide bonds.